The van der Waals surface area contributed by atoms with Crippen molar-refractivity contribution < 1.29 is 14.3 Å². The summed E-state index contributed by atoms with van der Waals surface area (Å²) in [5.74, 6) is 0.0695. The minimum Gasteiger partial charge on any atom is -0.462 e. The number of esters is 1. The quantitative estimate of drug-likeness (QED) is 0.675. The zero-order valence-corrected chi connectivity index (χ0v) is 17.7. The van der Waals surface area contributed by atoms with Gasteiger partial charge in [0.25, 0.3) is 5.91 Å². The summed E-state index contributed by atoms with van der Waals surface area (Å²) in [7, 11) is 0. The van der Waals surface area contributed by atoms with Crippen LogP contribution < -0.4 is 5.32 Å². The molecule has 1 N–H and O–H groups in total. The van der Waals surface area contributed by atoms with Crippen molar-refractivity contribution >= 4 is 29.2 Å². The predicted octanol–water partition coefficient (Wildman–Crippen LogP) is 5.00. The normalized spacial score (nSPS) is 15.1. The van der Waals surface area contributed by atoms with Crippen molar-refractivity contribution in [3.63, 3.8) is 0 Å². The number of halogens is 1. The molecule has 1 aliphatic heterocycles. The van der Waals surface area contributed by atoms with Gasteiger partial charge in [0.2, 0.25) is 0 Å². The van der Waals surface area contributed by atoms with Crippen LogP contribution in [0.2, 0.25) is 5.02 Å². The standard InChI is InChI=1S/C23H27ClN2O3/c1-3-29-23(28)20-14-19(8-9-21(20)24)25-22(27)18-6-4-17(5-7-18)15-26-12-10-16(2)11-13-26/h4-9,14,16H,3,10-13,15H2,1-2H3,(H,25,27). The second-order valence-corrected chi connectivity index (χ2v) is 7.93. The lowest BCUT2D eigenvalue weighted by Gasteiger charge is -2.30. The maximum atomic E-state index is 12.6. The third-order valence-corrected chi connectivity index (χ3v) is 5.55. The van der Waals surface area contributed by atoms with Crippen LogP contribution in [0.15, 0.2) is 42.5 Å². The highest BCUT2D eigenvalue weighted by Crippen LogP contribution is 2.22. The van der Waals surface area contributed by atoms with Gasteiger partial charge in [0.05, 0.1) is 17.2 Å². The van der Waals surface area contributed by atoms with E-state index in [1.54, 1.807) is 19.1 Å². The molecule has 0 atom stereocenters. The Morgan fingerprint density at radius 1 is 1.14 bits per heavy atom. The fourth-order valence-electron chi connectivity index (χ4n) is 3.41. The van der Waals surface area contributed by atoms with Gasteiger partial charge in [-0.3, -0.25) is 9.69 Å². The van der Waals surface area contributed by atoms with E-state index in [2.05, 4.69) is 17.1 Å². The first-order valence-electron chi connectivity index (χ1n) is 10.1. The zero-order valence-electron chi connectivity index (χ0n) is 16.9. The molecule has 6 heteroatoms. The Balaban J connectivity index is 1.62. The number of carbonyl (C=O) groups excluding carboxylic acids is 2. The second-order valence-electron chi connectivity index (χ2n) is 7.52. The van der Waals surface area contributed by atoms with E-state index in [0.717, 1.165) is 25.6 Å². The Hall–Kier alpha value is -2.37. The molecule has 1 fully saturated rings. The molecule has 5 nitrogen and oxygen atoms in total. The molecular formula is C23H27ClN2O3. The number of piperidine rings is 1. The molecule has 0 aromatic heterocycles. The third-order valence-electron chi connectivity index (χ3n) is 5.22. The second kappa shape index (κ2) is 9.90. The molecule has 1 heterocycles. The van der Waals surface area contributed by atoms with Gasteiger partial charge in [-0.15, -0.1) is 0 Å². The van der Waals surface area contributed by atoms with E-state index in [1.165, 1.54) is 24.5 Å². The number of anilines is 1. The number of rotatable bonds is 6. The monoisotopic (exact) mass is 414 g/mol. The maximum Gasteiger partial charge on any atom is 0.339 e. The van der Waals surface area contributed by atoms with Crippen molar-refractivity contribution in [1.82, 2.24) is 4.90 Å². The highest BCUT2D eigenvalue weighted by Gasteiger charge is 2.16. The zero-order chi connectivity index (χ0) is 20.8. The third kappa shape index (κ3) is 5.81. The first-order chi connectivity index (χ1) is 14.0. The van der Waals surface area contributed by atoms with Crippen molar-refractivity contribution in [1.29, 1.82) is 0 Å². The average Bonchev–Trinajstić information content (AvgIpc) is 2.72. The summed E-state index contributed by atoms with van der Waals surface area (Å²) in [5, 5.41) is 3.10. The fourth-order valence-corrected chi connectivity index (χ4v) is 3.61. The first-order valence-corrected chi connectivity index (χ1v) is 10.4. The first kappa shape index (κ1) is 21.3. The van der Waals surface area contributed by atoms with Gasteiger partial charge in [-0.1, -0.05) is 30.7 Å². The molecule has 0 spiro atoms. The molecule has 3 rings (SSSR count). The van der Waals surface area contributed by atoms with Crippen molar-refractivity contribution in [2.45, 2.75) is 33.2 Å². The lowest BCUT2D eigenvalue weighted by atomic mass is 9.99. The van der Waals surface area contributed by atoms with Crippen LogP contribution in [0.1, 0.15) is 53.0 Å². The van der Waals surface area contributed by atoms with Gasteiger partial charge in [-0.25, -0.2) is 4.79 Å². The topological polar surface area (TPSA) is 58.6 Å². The SMILES string of the molecule is CCOC(=O)c1cc(NC(=O)c2ccc(CN3CCC(C)CC3)cc2)ccc1Cl. The van der Waals surface area contributed by atoms with Crippen LogP contribution in [-0.2, 0) is 11.3 Å². The van der Waals surface area contributed by atoms with E-state index >= 15 is 0 Å². The van der Waals surface area contributed by atoms with Gasteiger partial charge < -0.3 is 10.1 Å². The number of hydrogen-bond donors (Lipinski definition) is 1. The number of likely N-dealkylation sites (tertiary alicyclic amines) is 1. The Morgan fingerprint density at radius 2 is 1.83 bits per heavy atom. The largest absolute Gasteiger partial charge is 0.462 e. The van der Waals surface area contributed by atoms with Gasteiger partial charge in [0.15, 0.2) is 0 Å². The highest BCUT2D eigenvalue weighted by atomic mass is 35.5. The van der Waals surface area contributed by atoms with Gasteiger partial charge in [0.1, 0.15) is 0 Å². The molecule has 29 heavy (non-hydrogen) atoms. The Labute approximate surface area is 177 Å². The highest BCUT2D eigenvalue weighted by molar-refractivity contribution is 6.33. The van der Waals surface area contributed by atoms with E-state index in [1.807, 2.05) is 24.3 Å². The summed E-state index contributed by atoms with van der Waals surface area (Å²) in [4.78, 5) is 27.0. The summed E-state index contributed by atoms with van der Waals surface area (Å²) in [6.07, 6.45) is 2.49. The minimum absolute atomic E-state index is 0.234. The number of ether oxygens (including phenoxy) is 1. The number of benzene rings is 2. The minimum atomic E-state index is -0.509. The molecule has 1 saturated heterocycles. The Bertz CT molecular complexity index is 859. The molecule has 2 aromatic rings. The molecule has 154 valence electrons. The van der Waals surface area contributed by atoms with Crippen LogP contribution >= 0.6 is 11.6 Å². The van der Waals surface area contributed by atoms with Crippen LogP contribution in [0, 0.1) is 5.92 Å². The Kier molecular flexibility index (Phi) is 7.29. The molecule has 1 aliphatic rings. The summed E-state index contributed by atoms with van der Waals surface area (Å²) >= 11 is 6.07. The van der Waals surface area contributed by atoms with Crippen LogP contribution in [0.25, 0.3) is 0 Å². The average molecular weight is 415 g/mol. The van der Waals surface area contributed by atoms with Crippen LogP contribution in [0.3, 0.4) is 0 Å². The van der Waals surface area contributed by atoms with E-state index in [9.17, 15) is 9.59 Å². The van der Waals surface area contributed by atoms with E-state index in [4.69, 9.17) is 16.3 Å². The number of carbonyl (C=O) groups is 2. The number of nitrogens with one attached hydrogen (secondary N) is 1. The fraction of sp³-hybridized carbons (Fsp3) is 0.391. The summed E-state index contributed by atoms with van der Waals surface area (Å²) in [5.41, 5.74) is 2.49. The van der Waals surface area contributed by atoms with Crippen LogP contribution in [0.5, 0.6) is 0 Å². The van der Waals surface area contributed by atoms with Gasteiger partial charge in [-0.2, -0.15) is 0 Å². The van der Waals surface area contributed by atoms with Crippen molar-refractivity contribution in [3.8, 4) is 0 Å². The van der Waals surface area contributed by atoms with Crippen molar-refractivity contribution in [2.24, 2.45) is 5.92 Å². The van der Waals surface area contributed by atoms with Crippen LogP contribution in [0.4, 0.5) is 5.69 Å². The van der Waals surface area contributed by atoms with Gasteiger partial charge >= 0.3 is 5.97 Å². The maximum absolute atomic E-state index is 12.6. The Morgan fingerprint density at radius 3 is 2.48 bits per heavy atom. The molecule has 0 aliphatic carbocycles. The lowest BCUT2D eigenvalue weighted by Crippen LogP contribution is -2.32. The molecular weight excluding hydrogens is 388 g/mol. The molecule has 1 amide bonds. The smallest absolute Gasteiger partial charge is 0.339 e. The van der Waals surface area contributed by atoms with E-state index in [0.29, 0.717) is 11.3 Å². The lowest BCUT2D eigenvalue weighted by molar-refractivity contribution is 0.0526. The molecule has 0 bridgehead atoms. The summed E-state index contributed by atoms with van der Waals surface area (Å²) in [6.45, 7) is 7.46. The van der Waals surface area contributed by atoms with E-state index < -0.39 is 5.97 Å². The van der Waals surface area contributed by atoms with Gasteiger partial charge in [-0.05, 0) is 74.7 Å². The van der Waals surface area contributed by atoms with Gasteiger partial charge in [0, 0.05) is 17.8 Å². The predicted molar refractivity (Wildman–Crippen MR) is 115 cm³/mol. The van der Waals surface area contributed by atoms with Crippen LogP contribution in [-0.4, -0.2) is 36.5 Å². The number of hydrogen-bond acceptors (Lipinski definition) is 4. The summed E-state index contributed by atoms with van der Waals surface area (Å²) in [6, 6.07) is 12.4. The van der Waals surface area contributed by atoms with E-state index in [-0.39, 0.29) is 23.1 Å². The summed E-state index contributed by atoms with van der Waals surface area (Å²) < 4.78 is 4.99. The van der Waals surface area contributed by atoms with Crippen molar-refractivity contribution in [3.05, 3.63) is 64.2 Å². The molecule has 0 radical (unpaired) electrons. The molecule has 0 unspecified atom stereocenters. The number of nitrogens with zero attached hydrogens (tertiary/aromatic N) is 1. The number of amides is 1. The molecule has 2 aromatic carbocycles. The molecule has 0 saturated carbocycles. The van der Waals surface area contributed by atoms with Crippen molar-refractivity contribution in [2.75, 3.05) is 25.0 Å².